The molecular formula is C21H21NO2. The average molecular weight is 319 g/mol. The first kappa shape index (κ1) is 15.9. The van der Waals surface area contributed by atoms with Crippen LogP contribution in [0.4, 0.5) is 11.4 Å². The van der Waals surface area contributed by atoms with Crippen LogP contribution in [0.2, 0.25) is 0 Å². The second kappa shape index (κ2) is 7.55. The quantitative estimate of drug-likeness (QED) is 0.666. The van der Waals surface area contributed by atoms with Crippen molar-refractivity contribution >= 4 is 11.4 Å². The summed E-state index contributed by atoms with van der Waals surface area (Å²) in [4.78, 5) is 0. The molecule has 3 heteroatoms. The van der Waals surface area contributed by atoms with Crippen molar-refractivity contribution in [1.82, 2.24) is 0 Å². The molecule has 1 N–H and O–H groups in total. The Morgan fingerprint density at radius 3 is 2.25 bits per heavy atom. The van der Waals surface area contributed by atoms with Gasteiger partial charge in [-0.25, -0.2) is 0 Å². The fourth-order valence-corrected chi connectivity index (χ4v) is 2.44. The van der Waals surface area contributed by atoms with Crippen LogP contribution in [0, 0.1) is 6.92 Å². The Morgan fingerprint density at radius 2 is 1.54 bits per heavy atom. The lowest BCUT2D eigenvalue weighted by atomic mass is 10.2. The number of rotatable bonds is 6. The summed E-state index contributed by atoms with van der Waals surface area (Å²) < 4.78 is 11.2. The van der Waals surface area contributed by atoms with Gasteiger partial charge in [0.1, 0.15) is 18.1 Å². The number of ether oxygens (including phenoxy) is 2. The van der Waals surface area contributed by atoms with Crippen LogP contribution in [-0.2, 0) is 6.61 Å². The zero-order valence-electron chi connectivity index (χ0n) is 14.0. The van der Waals surface area contributed by atoms with Crippen molar-refractivity contribution in [2.24, 2.45) is 0 Å². The minimum absolute atomic E-state index is 0.572. The Bertz CT molecular complexity index is 783. The zero-order chi connectivity index (χ0) is 16.8. The minimum atomic E-state index is 0.572. The first-order valence-electron chi connectivity index (χ1n) is 7.93. The van der Waals surface area contributed by atoms with E-state index in [1.165, 1.54) is 0 Å². The van der Waals surface area contributed by atoms with Crippen molar-refractivity contribution in [3.63, 3.8) is 0 Å². The van der Waals surface area contributed by atoms with Gasteiger partial charge in [-0.15, -0.1) is 0 Å². The predicted octanol–water partition coefficient (Wildman–Crippen LogP) is 5.33. The molecule has 24 heavy (non-hydrogen) atoms. The monoisotopic (exact) mass is 319 g/mol. The molecular weight excluding hydrogens is 298 g/mol. The number of hydrogen-bond donors (Lipinski definition) is 1. The molecule has 0 saturated heterocycles. The first-order chi connectivity index (χ1) is 11.7. The maximum atomic E-state index is 5.80. The van der Waals surface area contributed by atoms with E-state index in [2.05, 4.69) is 17.4 Å². The van der Waals surface area contributed by atoms with Crippen molar-refractivity contribution in [3.05, 3.63) is 83.9 Å². The largest absolute Gasteiger partial charge is 0.496 e. The Hall–Kier alpha value is -2.94. The second-order valence-corrected chi connectivity index (χ2v) is 5.61. The molecule has 0 saturated carbocycles. The topological polar surface area (TPSA) is 30.5 Å². The number of anilines is 2. The predicted molar refractivity (Wildman–Crippen MR) is 98.2 cm³/mol. The Morgan fingerprint density at radius 1 is 0.833 bits per heavy atom. The molecule has 3 rings (SSSR count). The number of nitrogens with one attached hydrogen (secondary N) is 1. The van der Waals surface area contributed by atoms with Crippen LogP contribution in [0.5, 0.6) is 11.5 Å². The lowest BCUT2D eigenvalue weighted by Gasteiger charge is -2.11. The van der Waals surface area contributed by atoms with Crippen molar-refractivity contribution in [2.75, 3.05) is 12.4 Å². The molecule has 0 bridgehead atoms. The molecule has 0 atom stereocenters. The smallest absolute Gasteiger partial charge is 0.123 e. The Balaban J connectivity index is 1.62. The summed E-state index contributed by atoms with van der Waals surface area (Å²) in [5.41, 5.74) is 4.28. The van der Waals surface area contributed by atoms with Gasteiger partial charge in [-0.1, -0.05) is 36.4 Å². The summed E-state index contributed by atoms with van der Waals surface area (Å²) >= 11 is 0. The number of hydrogen-bond acceptors (Lipinski definition) is 3. The van der Waals surface area contributed by atoms with E-state index in [0.717, 1.165) is 34.0 Å². The number of methoxy groups -OCH3 is 1. The summed E-state index contributed by atoms with van der Waals surface area (Å²) in [5.74, 6) is 1.73. The molecule has 0 radical (unpaired) electrons. The van der Waals surface area contributed by atoms with Gasteiger partial charge in [-0.05, 0) is 48.4 Å². The van der Waals surface area contributed by atoms with E-state index in [1.807, 2.05) is 67.6 Å². The van der Waals surface area contributed by atoms with Crippen molar-refractivity contribution in [1.29, 1.82) is 0 Å². The second-order valence-electron chi connectivity index (χ2n) is 5.61. The lowest BCUT2D eigenvalue weighted by molar-refractivity contribution is 0.306. The third-order valence-electron chi connectivity index (χ3n) is 3.80. The summed E-state index contributed by atoms with van der Waals surface area (Å²) in [5, 5.41) is 3.37. The highest BCUT2D eigenvalue weighted by molar-refractivity contribution is 5.62. The van der Waals surface area contributed by atoms with Gasteiger partial charge in [0.15, 0.2) is 0 Å². The van der Waals surface area contributed by atoms with Crippen LogP contribution in [0.3, 0.4) is 0 Å². The maximum absolute atomic E-state index is 5.80. The summed E-state index contributed by atoms with van der Waals surface area (Å²) in [6.07, 6.45) is 0. The Labute approximate surface area is 142 Å². The third-order valence-corrected chi connectivity index (χ3v) is 3.80. The fourth-order valence-electron chi connectivity index (χ4n) is 2.44. The van der Waals surface area contributed by atoms with Gasteiger partial charge in [0, 0.05) is 17.4 Å². The van der Waals surface area contributed by atoms with Gasteiger partial charge in [0.25, 0.3) is 0 Å². The SMILES string of the molecule is COc1cc(Nc2ccc(OCc3ccccc3)cc2)ccc1C. The van der Waals surface area contributed by atoms with Crippen LogP contribution in [0.15, 0.2) is 72.8 Å². The molecule has 0 spiro atoms. The van der Waals surface area contributed by atoms with Crippen molar-refractivity contribution < 1.29 is 9.47 Å². The Kier molecular flexibility index (Phi) is 5.02. The molecule has 0 aromatic heterocycles. The lowest BCUT2D eigenvalue weighted by Crippen LogP contribution is -1.96. The van der Waals surface area contributed by atoms with Crippen LogP contribution in [0.25, 0.3) is 0 Å². The van der Waals surface area contributed by atoms with E-state index in [9.17, 15) is 0 Å². The van der Waals surface area contributed by atoms with E-state index in [0.29, 0.717) is 6.61 Å². The average Bonchev–Trinajstić information content (AvgIpc) is 2.63. The van der Waals surface area contributed by atoms with Gasteiger partial charge in [0.05, 0.1) is 7.11 Å². The molecule has 0 fully saturated rings. The molecule has 3 aromatic rings. The van der Waals surface area contributed by atoms with E-state index in [-0.39, 0.29) is 0 Å². The first-order valence-corrected chi connectivity index (χ1v) is 7.93. The van der Waals surface area contributed by atoms with Crippen molar-refractivity contribution in [2.45, 2.75) is 13.5 Å². The van der Waals surface area contributed by atoms with Gasteiger partial charge in [0.2, 0.25) is 0 Å². The molecule has 0 aliphatic rings. The van der Waals surface area contributed by atoms with Gasteiger partial charge < -0.3 is 14.8 Å². The molecule has 3 aromatic carbocycles. The minimum Gasteiger partial charge on any atom is -0.496 e. The molecule has 3 nitrogen and oxygen atoms in total. The summed E-state index contributed by atoms with van der Waals surface area (Å²) in [6, 6.07) is 24.2. The molecule has 0 aliphatic heterocycles. The molecule has 122 valence electrons. The third kappa shape index (κ3) is 4.07. The fraction of sp³-hybridized carbons (Fsp3) is 0.143. The van der Waals surface area contributed by atoms with Gasteiger partial charge in [-0.3, -0.25) is 0 Å². The molecule has 0 aliphatic carbocycles. The summed E-state index contributed by atoms with van der Waals surface area (Å²) in [7, 11) is 1.69. The normalized spacial score (nSPS) is 10.2. The highest BCUT2D eigenvalue weighted by Gasteiger charge is 2.02. The highest BCUT2D eigenvalue weighted by atomic mass is 16.5. The standard InChI is InChI=1S/C21H21NO2/c1-16-8-9-19(14-21(16)23-2)22-18-10-12-20(13-11-18)24-15-17-6-4-3-5-7-17/h3-14,22H,15H2,1-2H3. The van der Waals surface area contributed by atoms with E-state index in [1.54, 1.807) is 7.11 Å². The number of aryl methyl sites for hydroxylation is 1. The van der Waals surface area contributed by atoms with E-state index in [4.69, 9.17) is 9.47 Å². The maximum Gasteiger partial charge on any atom is 0.123 e. The van der Waals surface area contributed by atoms with Gasteiger partial charge in [-0.2, -0.15) is 0 Å². The van der Waals surface area contributed by atoms with E-state index >= 15 is 0 Å². The van der Waals surface area contributed by atoms with Crippen LogP contribution in [0.1, 0.15) is 11.1 Å². The number of benzene rings is 3. The van der Waals surface area contributed by atoms with Crippen LogP contribution in [-0.4, -0.2) is 7.11 Å². The molecule has 0 heterocycles. The summed E-state index contributed by atoms with van der Waals surface area (Å²) in [6.45, 7) is 2.60. The van der Waals surface area contributed by atoms with Gasteiger partial charge >= 0.3 is 0 Å². The molecule has 0 unspecified atom stereocenters. The van der Waals surface area contributed by atoms with Crippen molar-refractivity contribution in [3.8, 4) is 11.5 Å². The van der Waals surface area contributed by atoms with Crippen LogP contribution < -0.4 is 14.8 Å². The van der Waals surface area contributed by atoms with Crippen LogP contribution >= 0.6 is 0 Å². The highest BCUT2D eigenvalue weighted by Crippen LogP contribution is 2.26. The zero-order valence-corrected chi connectivity index (χ0v) is 14.0. The molecule has 0 amide bonds. The van der Waals surface area contributed by atoms with E-state index < -0.39 is 0 Å².